The fraction of sp³-hybridized carbons (Fsp3) is 0.469. The molecule has 0 bridgehead atoms. The van der Waals surface area contributed by atoms with Crippen molar-refractivity contribution in [1.82, 2.24) is 25.4 Å². The molecule has 44 heavy (non-hydrogen) atoms. The van der Waals surface area contributed by atoms with Gasteiger partial charge >= 0.3 is 6.09 Å². The summed E-state index contributed by atoms with van der Waals surface area (Å²) in [5, 5.41) is 9.93. The maximum absolute atomic E-state index is 14.3. The molecule has 2 aliphatic heterocycles. The smallest absolute Gasteiger partial charge is 0.414 e. The van der Waals surface area contributed by atoms with Crippen LogP contribution in [0.4, 0.5) is 14.9 Å². The van der Waals surface area contributed by atoms with Gasteiger partial charge in [-0.15, -0.1) is 0 Å². The predicted molar refractivity (Wildman–Crippen MR) is 162 cm³/mol. The molecule has 1 fully saturated rings. The second-order valence-electron chi connectivity index (χ2n) is 13.0. The van der Waals surface area contributed by atoms with Crippen LogP contribution in [0.5, 0.6) is 5.88 Å². The monoisotopic (exact) mass is 606 g/mol. The number of halogens is 1. The molecule has 0 radical (unpaired) electrons. The lowest BCUT2D eigenvalue weighted by molar-refractivity contribution is -0.121. The fourth-order valence-corrected chi connectivity index (χ4v) is 5.67. The second kappa shape index (κ2) is 11.9. The summed E-state index contributed by atoms with van der Waals surface area (Å²) in [6.07, 6.45) is 2.10. The molecule has 3 aromatic rings. The van der Waals surface area contributed by atoms with Crippen LogP contribution in [0.2, 0.25) is 0 Å². The van der Waals surface area contributed by atoms with Gasteiger partial charge in [-0.05, 0) is 56.9 Å². The number of H-pyrrole nitrogens is 1. The van der Waals surface area contributed by atoms with Gasteiger partial charge < -0.3 is 19.7 Å². The Bertz CT molecular complexity index is 1570. The number of carbonyl (C=O) groups is 3. The molecule has 2 aromatic heterocycles. The van der Waals surface area contributed by atoms with E-state index in [1.165, 1.54) is 19.2 Å². The standard InChI is InChI=1S/C32H39FN6O5/c1-31(2,3)44-30(42)39-18-32(4,5)22-13-19(7-8-26(22)39)14-27(40)35-20-9-11-38(12-10-20)29(41)25-16-24(36-37-25)21-15-28(43-6)34-17-23(21)33/h7-8,13,15-17,20H,9-12,14,18H2,1-6H3,(H,35,40)(H,36,37). The molecule has 1 aromatic carbocycles. The zero-order valence-electron chi connectivity index (χ0n) is 26.0. The largest absolute Gasteiger partial charge is 0.481 e. The summed E-state index contributed by atoms with van der Waals surface area (Å²) in [5.41, 5.74) is 2.52. The predicted octanol–water partition coefficient (Wildman–Crippen LogP) is 4.62. The number of methoxy groups -OCH3 is 1. The molecule has 5 rings (SSSR count). The molecule has 12 heteroatoms. The van der Waals surface area contributed by atoms with E-state index in [4.69, 9.17) is 9.47 Å². The van der Waals surface area contributed by atoms with Crippen molar-refractivity contribution in [2.24, 2.45) is 0 Å². The Kier molecular flexibility index (Phi) is 8.37. The number of aromatic amines is 1. The van der Waals surface area contributed by atoms with E-state index in [1.54, 1.807) is 9.80 Å². The van der Waals surface area contributed by atoms with Crippen molar-refractivity contribution in [3.8, 4) is 17.1 Å². The molecule has 0 unspecified atom stereocenters. The van der Waals surface area contributed by atoms with Gasteiger partial charge in [0.25, 0.3) is 5.91 Å². The normalized spacial score (nSPS) is 16.4. The molecule has 2 aliphatic rings. The number of likely N-dealkylation sites (tertiary alicyclic amines) is 1. The number of pyridine rings is 1. The van der Waals surface area contributed by atoms with E-state index in [9.17, 15) is 18.8 Å². The molecule has 234 valence electrons. The van der Waals surface area contributed by atoms with Crippen LogP contribution in [-0.4, -0.2) is 76.4 Å². The number of piperidine rings is 1. The molecule has 1 saturated heterocycles. The maximum atomic E-state index is 14.3. The van der Waals surface area contributed by atoms with E-state index in [0.717, 1.165) is 23.0 Å². The van der Waals surface area contributed by atoms with Crippen molar-refractivity contribution >= 4 is 23.6 Å². The summed E-state index contributed by atoms with van der Waals surface area (Å²) in [4.78, 5) is 46.1. The minimum absolute atomic E-state index is 0.0595. The highest BCUT2D eigenvalue weighted by Crippen LogP contribution is 2.41. The van der Waals surface area contributed by atoms with Crippen molar-refractivity contribution in [3.05, 3.63) is 59.2 Å². The first-order chi connectivity index (χ1) is 20.7. The number of benzene rings is 1. The average Bonchev–Trinajstić information content (AvgIpc) is 3.55. The first kappa shape index (κ1) is 31.0. The molecular weight excluding hydrogens is 567 g/mol. The van der Waals surface area contributed by atoms with Gasteiger partial charge in [0.1, 0.15) is 11.3 Å². The fourth-order valence-electron chi connectivity index (χ4n) is 5.67. The number of hydrogen-bond acceptors (Lipinski definition) is 7. The highest BCUT2D eigenvalue weighted by Gasteiger charge is 2.40. The zero-order chi connectivity index (χ0) is 31.8. The van der Waals surface area contributed by atoms with E-state index < -0.39 is 11.4 Å². The van der Waals surface area contributed by atoms with Gasteiger partial charge in [0.05, 0.1) is 31.1 Å². The highest BCUT2D eigenvalue weighted by molar-refractivity contribution is 5.94. The van der Waals surface area contributed by atoms with Crippen LogP contribution >= 0.6 is 0 Å². The number of nitrogens with one attached hydrogen (secondary N) is 2. The van der Waals surface area contributed by atoms with Crippen molar-refractivity contribution in [1.29, 1.82) is 0 Å². The summed E-state index contributed by atoms with van der Waals surface area (Å²) in [5.74, 6) is -0.663. The number of nitrogens with zero attached hydrogens (tertiary/aromatic N) is 4. The van der Waals surface area contributed by atoms with Gasteiger partial charge in [-0.1, -0.05) is 26.0 Å². The Morgan fingerprint density at radius 1 is 1.14 bits per heavy atom. The van der Waals surface area contributed by atoms with Gasteiger partial charge in [-0.25, -0.2) is 14.2 Å². The molecular formula is C32H39FN6O5. The Balaban J connectivity index is 1.15. The summed E-state index contributed by atoms with van der Waals surface area (Å²) in [6, 6.07) is 8.66. The van der Waals surface area contributed by atoms with E-state index >= 15 is 0 Å². The lowest BCUT2D eigenvalue weighted by Crippen LogP contribution is -2.47. The van der Waals surface area contributed by atoms with Crippen molar-refractivity contribution in [2.75, 3.05) is 31.6 Å². The lowest BCUT2D eigenvalue weighted by Gasteiger charge is -2.32. The SMILES string of the molecule is COc1cc(-c2cc(C(=O)N3CCC(NC(=O)Cc4ccc5c(c4)C(C)(C)CN5C(=O)OC(C)(C)C)CC3)[nH]n2)c(F)cn1. The van der Waals surface area contributed by atoms with Crippen LogP contribution in [0, 0.1) is 5.82 Å². The first-order valence-electron chi connectivity index (χ1n) is 14.7. The Morgan fingerprint density at radius 3 is 2.55 bits per heavy atom. The zero-order valence-corrected chi connectivity index (χ0v) is 26.0. The highest BCUT2D eigenvalue weighted by atomic mass is 19.1. The lowest BCUT2D eigenvalue weighted by atomic mass is 9.86. The summed E-state index contributed by atoms with van der Waals surface area (Å²) >= 11 is 0. The Hall–Kier alpha value is -4.48. The first-order valence-corrected chi connectivity index (χ1v) is 14.7. The molecule has 0 saturated carbocycles. The maximum Gasteiger partial charge on any atom is 0.414 e. The number of hydrogen-bond donors (Lipinski definition) is 2. The second-order valence-corrected chi connectivity index (χ2v) is 13.0. The quantitative estimate of drug-likeness (QED) is 0.419. The van der Waals surface area contributed by atoms with Crippen molar-refractivity contribution in [3.63, 3.8) is 0 Å². The van der Waals surface area contributed by atoms with Crippen LogP contribution in [0.3, 0.4) is 0 Å². The van der Waals surface area contributed by atoms with Gasteiger partial charge in [-0.2, -0.15) is 5.10 Å². The number of aromatic nitrogens is 3. The number of carbonyl (C=O) groups excluding carboxylic acids is 3. The summed E-state index contributed by atoms with van der Waals surface area (Å²) in [6.45, 7) is 11.1. The van der Waals surface area contributed by atoms with E-state index in [0.29, 0.717) is 32.5 Å². The van der Waals surface area contributed by atoms with Gasteiger partial charge in [-0.3, -0.25) is 19.6 Å². The van der Waals surface area contributed by atoms with Gasteiger partial charge in [0, 0.05) is 42.7 Å². The molecule has 11 nitrogen and oxygen atoms in total. The number of amides is 3. The minimum atomic E-state index is -0.593. The van der Waals surface area contributed by atoms with Crippen LogP contribution in [0.15, 0.2) is 36.5 Å². The average molecular weight is 607 g/mol. The van der Waals surface area contributed by atoms with E-state index in [1.807, 2.05) is 39.0 Å². The molecule has 3 amide bonds. The summed E-state index contributed by atoms with van der Waals surface area (Å²) < 4.78 is 25.0. The van der Waals surface area contributed by atoms with Gasteiger partial charge in [0.15, 0.2) is 5.82 Å². The molecule has 0 atom stereocenters. The van der Waals surface area contributed by atoms with Crippen molar-refractivity contribution < 1.29 is 28.2 Å². The number of anilines is 1. The molecule has 4 heterocycles. The third-order valence-corrected chi connectivity index (χ3v) is 7.88. The minimum Gasteiger partial charge on any atom is -0.481 e. The van der Waals surface area contributed by atoms with E-state index in [-0.39, 0.29) is 58.6 Å². The van der Waals surface area contributed by atoms with Crippen LogP contribution in [0.1, 0.15) is 69.1 Å². The van der Waals surface area contributed by atoms with Crippen LogP contribution in [-0.2, 0) is 21.4 Å². The topological polar surface area (TPSA) is 130 Å². The van der Waals surface area contributed by atoms with Gasteiger partial charge in [0.2, 0.25) is 11.8 Å². The Morgan fingerprint density at radius 2 is 1.86 bits per heavy atom. The molecule has 0 spiro atoms. The Labute approximate surface area is 256 Å². The molecule has 2 N–H and O–H groups in total. The number of rotatable bonds is 6. The van der Waals surface area contributed by atoms with E-state index in [2.05, 4.69) is 34.3 Å². The van der Waals surface area contributed by atoms with Crippen molar-refractivity contribution in [2.45, 2.75) is 70.9 Å². The number of ether oxygens (including phenoxy) is 2. The van der Waals surface area contributed by atoms with Crippen LogP contribution in [0.25, 0.3) is 11.3 Å². The third kappa shape index (κ3) is 6.68. The summed E-state index contributed by atoms with van der Waals surface area (Å²) in [7, 11) is 1.44. The number of fused-ring (bicyclic) bond motifs is 1. The van der Waals surface area contributed by atoms with Crippen LogP contribution < -0.4 is 15.0 Å². The third-order valence-electron chi connectivity index (χ3n) is 7.88. The molecule has 0 aliphatic carbocycles.